The predicted octanol–water partition coefficient (Wildman–Crippen LogP) is 1.23. The molecule has 0 spiro atoms. The summed E-state index contributed by atoms with van der Waals surface area (Å²) in [4.78, 5) is 11.4. The van der Waals surface area contributed by atoms with Gasteiger partial charge in [0.2, 0.25) is 5.43 Å². The minimum absolute atomic E-state index is 0.141. The summed E-state index contributed by atoms with van der Waals surface area (Å²) in [6.07, 6.45) is 5.58. The summed E-state index contributed by atoms with van der Waals surface area (Å²) in [7, 11) is 1.47. The second-order valence-electron chi connectivity index (χ2n) is 2.52. The van der Waals surface area contributed by atoms with Crippen LogP contribution < -0.4 is 10.2 Å². The highest BCUT2D eigenvalue weighted by atomic mass is 16.5. The van der Waals surface area contributed by atoms with Crippen LogP contribution in [-0.2, 0) is 6.42 Å². The fourth-order valence-corrected chi connectivity index (χ4v) is 1.11. The molecular weight excluding hydrogens is 164 g/mol. The van der Waals surface area contributed by atoms with Crippen LogP contribution in [0.15, 0.2) is 29.1 Å². The Balaban J connectivity index is 3.36. The molecule has 0 aliphatic rings. The van der Waals surface area contributed by atoms with Gasteiger partial charge in [-0.25, -0.2) is 0 Å². The second kappa shape index (κ2) is 4.32. The molecule has 1 aromatic carbocycles. The summed E-state index contributed by atoms with van der Waals surface area (Å²) >= 11 is 0. The van der Waals surface area contributed by atoms with E-state index in [0.717, 1.165) is 5.56 Å². The Labute approximate surface area is 77.2 Å². The van der Waals surface area contributed by atoms with Gasteiger partial charge in [0, 0.05) is 12.0 Å². The van der Waals surface area contributed by atoms with Crippen molar-refractivity contribution >= 4 is 0 Å². The molecule has 0 atom stereocenters. The molecule has 0 saturated carbocycles. The quantitative estimate of drug-likeness (QED) is 0.630. The van der Waals surface area contributed by atoms with Crippen LogP contribution in [0.3, 0.4) is 0 Å². The molecule has 0 saturated heterocycles. The Morgan fingerprint density at radius 1 is 1.46 bits per heavy atom. The van der Waals surface area contributed by atoms with Gasteiger partial charge in [-0.1, -0.05) is 18.2 Å². The van der Waals surface area contributed by atoms with Crippen LogP contribution in [0.1, 0.15) is 5.56 Å². The highest BCUT2D eigenvalue weighted by Gasteiger charge is 2.02. The monoisotopic (exact) mass is 174 g/mol. The van der Waals surface area contributed by atoms with Crippen molar-refractivity contribution in [1.82, 2.24) is 0 Å². The Morgan fingerprint density at radius 3 is 2.77 bits per heavy atom. The maximum atomic E-state index is 11.4. The number of hydrogen-bond acceptors (Lipinski definition) is 2. The second-order valence-corrected chi connectivity index (χ2v) is 2.52. The van der Waals surface area contributed by atoms with Crippen LogP contribution in [0.5, 0.6) is 5.75 Å². The summed E-state index contributed by atoms with van der Waals surface area (Å²) in [6, 6.07) is 6.69. The van der Waals surface area contributed by atoms with Crippen molar-refractivity contribution in [2.24, 2.45) is 0 Å². The Kier molecular flexibility index (Phi) is 3.10. The van der Waals surface area contributed by atoms with Gasteiger partial charge in [0.15, 0.2) is 5.75 Å². The fraction of sp³-hybridized carbons (Fsp3) is 0.182. The molecule has 1 aromatic rings. The van der Waals surface area contributed by atoms with Gasteiger partial charge >= 0.3 is 0 Å². The SMILES string of the molecule is C#CCc1ccccc(=O)c1OC. The highest BCUT2D eigenvalue weighted by molar-refractivity contribution is 5.34. The maximum absolute atomic E-state index is 11.4. The third kappa shape index (κ3) is 2.09. The average Bonchev–Trinajstić information content (AvgIpc) is 2.28. The molecule has 2 nitrogen and oxygen atoms in total. The van der Waals surface area contributed by atoms with E-state index in [0.29, 0.717) is 12.2 Å². The van der Waals surface area contributed by atoms with Crippen LogP contribution >= 0.6 is 0 Å². The molecule has 0 unspecified atom stereocenters. The molecule has 0 N–H and O–H groups in total. The van der Waals surface area contributed by atoms with Gasteiger partial charge in [0.25, 0.3) is 0 Å². The van der Waals surface area contributed by atoms with Gasteiger partial charge in [0.05, 0.1) is 7.11 Å². The molecule has 0 aromatic heterocycles. The molecule has 0 aliphatic heterocycles. The molecule has 0 heterocycles. The standard InChI is InChI=1S/C11H10O2/c1-3-6-9-7-4-5-8-10(12)11(9)13-2/h1,4-5,7-8H,6H2,2H3. The van der Waals surface area contributed by atoms with Gasteiger partial charge in [-0.2, -0.15) is 0 Å². The lowest BCUT2D eigenvalue weighted by molar-refractivity contribution is 0.407. The average molecular weight is 174 g/mol. The number of terminal acetylenes is 1. The van der Waals surface area contributed by atoms with Crippen molar-refractivity contribution < 1.29 is 4.74 Å². The van der Waals surface area contributed by atoms with Crippen molar-refractivity contribution in [3.05, 3.63) is 40.1 Å². The van der Waals surface area contributed by atoms with Gasteiger partial charge in [0.1, 0.15) is 0 Å². The Bertz CT molecular complexity index is 388. The topological polar surface area (TPSA) is 26.3 Å². The molecule has 2 heteroatoms. The molecule has 0 radical (unpaired) electrons. The van der Waals surface area contributed by atoms with Crippen molar-refractivity contribution in [1.29, 1.82) is 0 Å². The summed E-state index contributed by atoms with van der Waals surface area (Å²) in [5.41, 5.74) is 0.609. The molecule has 0 amide bonds. The number of ether oxygens (including phenoxy) is 1. The zero-order valence-electron chi connectivity index (χ0n) is 7.41. The highest BCUT2D eigenvalue weighted by Crippen LogP contribution is 2.10. The first-order valence-electron chi connectivity index (χ1n) is 3.89. The Hall–Kier alpha value is -1.75. The summed E-state index contributed by atoms with van der Waals surface area (Å²) in [6.45, 7) is 0. The molecule has 0 bridgehead atoms. The lowest BCUT2D eigenvalue weighted by Gasteiger charge is -1.99. The predicted molar refractivity (Wildman–Crippen MR) is 51.8 cm³/mol. The van der Waals surface area contributed by atoms with Crippen molar-refractivity contribution in [2.75, 3.05) is 7.11 Å². The summed E-state index contributed by atoms with van der Waals surface area (Å²) in [5, 5.41) is 0. The largest absolute Gasteiger partial charge is 0.492 e. The molecule has 0 fully saturated rings. The first-order chi connectivity index (χ1) is 6.29. The zero-order valence-corrected chi connectivity index (χ0v) is 7.41. The van der Waals surface area contributed by atoms with E-state index < -0.39 is 0 Å². The summed E-state index contributed by atoms with van der Waals surface area (Å²) in [5.74, 6) is 2.82. The molecule has 1 rings (SSSR count). The van der Waals surface area contributed by atoms with E-state index in [-0.39, 0.29) is 5.43 Å². The van der Waals surface area contributed by atoms with E-state index in [4.69, 9.17) is 11.2 Å². The normalized spacial score (nSPS) is 8.92. The maximum Gasteiger partial charge on any atom is 0.220 e. The van der Waals surface area contributed by atoms with Gasteiger partial charge in [-0.15, -0.1) is 12.3 Å². The van der Waals surface area contributed by atoms with Crippen LogP contribution in [0.2, 0.25) is 0 Å². The number of hydrogen-bond donors (Lipinski definition) is 0. The fourth-order valence-electron chi connectivity index (χ4n) is 1.11. The minimum Gasteiger partial charge on any atom is -0.492 e. The van der Waals surface area contributed by atoms with Gasteiger partial charge < -0.3 is 4.74 Å². The minimum atomic E-state index is -0.141. The molecule has 66 valence electrons. The first-order valence-corrected chi connectivity index (χ1v) is 3.89. The lowest BCUT2D eigenvalue weighted by Crippen LogP contribution is -2.03. The first kappa shape index (κ1) is 9.34. The van der Waals surface area contributed by atoms with Gasteiger partial charge in [-0.05, 0) is 6.07 Å². The Morgan fingerprint density at radius 2 is 2.15 bits per heavy atom. The van der Waals surface area contributed by atoms with E-state index in [1.807, 2.05) is 0 Å². The van der Waals surface area contributed by atoms with Crippen LogP contribution in [0.25, 0.3) is 0 Å². The van der Waals surface area contributed by atoms with Crippen LogP contribution in [-0.4, -0.2) is 7.11 Å². The van der Waals surface area contributed by atoms with Crippen molar-refractivity contribution in [2.45, 2.75) is 6.42 Å². The van der Waals surface area contributed by atoms with E-state index in [1.165, 1.54) is 13.2 Å². The van der Waals surface area contributed by atoms with Crippen molar-refractivity contribution in [3.63, 3.8) is 0 Å². The number of rotatable bonds is 2. The lowest BCUT2D eigenvalue weighted by atomic mass is 10.2. The molecular formula is C11H10O2. The van der Waals surface area contributed by atoms with Crippen molar-refractivity contribution in [3.8, 4) is 18.1 Å². The smallest absolute Gasteiger partial charge is 0.220 e. The van der Waals surface area contributed by atoms with Crippen LogP contribution in [0, 0.1) is 12.3 Å². The third-order valence-corrected chi connectivity index (χ3v) is 1.67. The molecule has 13 heavy (non-hydrogen) atoms. The van der Waals surface area contributed by atoms with Gasteiger partial charge in [-0.3, -0.25) is 4.79 Å². The van der Waals surface area contributed by atoms with E-state index >= 15 is 0 Å². The van der Waals surface area contributed by atoms with E-state index in [1.54, 1.807) is 18.2 Å². The van der Waals surface area contributed by atoms with E-state index in [9.17, 15) is 4.79 Å². The van der Waals surface area contributed by atoms with E-state index in [2.05, 4.69) is 5.92 Å². The zero-order chi connectivity index (χ0) is 9.68. The summed E-state index contributed by atoms with van der Waals surface area (Å²) < 4.78 is 4.98. The van der Waals surface area contributed by atoms with Crippen LogP contribution in [0.4, 0.5) is 0 Å². The number of methoxy groups -OCH3 is 1. The molecule has 0 aliphatic carbocycles. The third-order valence-electron chi connectivity index (χ3n) is 1.67.